The van der Waals surface area contributed by atoms with Gasteiger partial charge in [0, 0.05) is 11.4 Å². The van der Waals surface area contributed by atoms with Crippen molar-refractivity contribution in [2.45, 2.75) is 43.5 Å². The number of nitrogens with zero attached hydrogens (tertiary/aromatic N) is 2. The van der Waals surface area contributed by atoms with E-state index in [0.717, 1.165) is 5.69 Å². The van der Waals surface area contributed by atoms with E-state index in [4.69, 9.17) is 11.3 Å². The monoisotopic (exact) mass is 436 g/mol. The number of aromatic nitrogens is 1. The normalized spacial score (nSPS) is 11.2. The summed E-state index contributed by atoms with van der Waals surface area (Å²) in [6.45, 7) is 13.3. The number of benzene rings is 2. The molecule has 1 heterocycles. The molecule has 0 atom stereocenters. The van der Waals surface area contributed by atoms with Crippen molar-refractivity contribution in [1.82, 2.24) is 4.57 Å². The van der Waals surface area contributed by atoms with Gasteiger partial charge in [-0.15, -0.1) is 0 Å². The summed E-state index contributed by atoms with van der Waals surface area (Å²) >= 11 is 0. The first-order valence-electron chi connectivity index (χ1n) is 9.90. The molecule has 31 heavy (non-hydrogen) atoms. The van der Waals surface area contributed by atoms with Crippen LogP contribution in [0.2, 0.25) is 0 Å². The van der Waals surface area contributed by atoms with Crippen LogP contribution in [0.15, 0.2) is 64.4 Å². The summed E-state index contributed by atoms with van der Waals surface area (Å²) in [6, 6.07) is 15.1. The van der Waals surface area contributed by atoms with Crippen LogP contribution in [0.3, 0.4) is 0 Å². The van der Waals surface area contributed by atoms with Crippen LogP contribution in [-0.2, 0) is 32.3 Å². The van der Waals surface area contributed by atoms with E-state index in [0.29, 0.717) is 22.5 Å². The van der Waals surface area contributed by atoms with Crippen LogP contribution in [0.1, 0.15) is 29.4 Å². The molecule has 160 valence electrons. The molecule has 2 aromatic carbocycles. The Kier molecular flexibility index (Phi) is 6.62. The zero-order valence-electron chi connectivity index (χ0n) is 17.8. The number of esters is 1. The molecular formula is C24H24N2O4S. The molecule has 0 spiro atoms. The number of carbonyl (C=O) groups excluding carboxylic acids is 1. The van der Waals surface area contributed by atoms with E-state index in [1.54, 1.807) is 73.0 Å². The Morgan fingerprint density at radius 1 is 1.03 bits per heavy atom. The molecular weight excluding hydrogens is 412 g/mol. The molecule has 6 nitrogen and oxygen atoms in total. The lowest BCUT2D eigenvalue weighted by molar-refractivity contribution is -0.143. The predicted octanol–water partition coefficient (Wildman–Crippen LogP) is 4.64. The van der Waals surface area contributed by atoms with Gasteiger partial charge in [0.05, 0.1) is 23.0 Å². The van der Waals surface area contributed by atoms with Crippen LogP contribution in [0.25, 0.3) is 4.85 Å². The minimum atomic E-state index is -3.71. The number of sulfone groups is 1. The average Bonchev–Trinajstić information content (AvgIpc) is 2.98. The first-order chi connectivity index (χ1) is 14.8. The highest BCUT2D eigenvalue weighted by Crippen LogP contribution is 2.34. The zero-order valence-corrected chi connectivity index (χ0v) is 18.6. The summed E-state index contributed by atoms with van der Waals surface area (Å²) in [5, 5.41) is 0. The lowest BCUT2D eigenvalue weighted by Crippen LogP contribution is -2.15. The molecule has 7 heteroatoms. The van der Waals surface area contributed by atoms with E-state index in [2.05, 4.69) is 4.85 Å². The molecule has 0 aliphatic carbocycles. The molecule has 0 aliphatic heterocycles. The Morgan fingerprint density at radius 2 is 1.68 bits per heavy atom. The summed E-state index contributed by atoms with van der Waals surface area (Å²) in [6.07, 6.45) is 0.266. The van der Waals surface area contributed by atoms with Gasteiger partial charge in [-0.2, -0.15) is 0 Å². The third-order valence-electron chi connectivity index (χ3n) is 5.26. The Labute approximate surface area is 182 Å². The fourth-order valence-corrected chi connectivity index (χ4v) is 5.21. The van der Waals surface area contributed by atoms with E-state index in [1.165, 1.54) is 0 Å². The van der Waals surface area contributed by atoms with Gasteiger partial charge >= 0.3 is 5.97 Å². The fraction of sp³-hybridized carbons (Fsp3) is 0.250. The second kappa shape index (κ2) is 9.19. The standard InChI is InChI=1S/C24H24N2O4S/c1-5-30-23(27)16-26-17(2)21(24(25-4)18(26)3)15-19-11-9-10-14-22(19)31(28,29)20-12-7-6-8-13-20/h6-14H,5,15-16H2,1-3H3. The summed E-state index contributed by atoms with van der Waals surface area (Å²) in [4.78, 5) is 16.1. The third-order valence-corrected chi connectivity index (χ3v) is 7.13. The van der Waals surface area contributed by atoms with Crippen LogP contribution in [-0.4, -0.2) is 25.6 Å². The first-order valence-corrected chi connectivity index (χ1v) is 11.4. The van der Waals surface area contributed by atoms with E-state index < -0.39 is 9.84 Å². The predicted molar refractivity (Wildman–Crippen MR) is 118 cm³/mol. The topological polar surface area (TPSA) is 69.7 Å². The Hall–Kier alpha value is -3.37. The molecule has 3 aromatic rings. The van der Waals surface area contributed by atoms with Gasteiger partial charge in [-0.3, -0.25) is 4.79 Å². The summed E-state index contributed by atoms with van der Waals surface area (Å²) in [5.74, 6) is -0.376. The molecule has 0 amide bonds. The van der Waals surface area contributed by atoms with Gasteiger partial charge < -0.3 is 9.30 Å². The van der Waals surface area contributed by atoms with Gasteiger partial charge in [0.1, 0.15) is 6.54 Å². The third kappa shape index (κ3) is 4.39. The smallest absolute Gasteiger partial charge is 0.325 e. The van der Waals surface area contributed by atoms with Crippen molar-refractivity contribution < 1.29 is 17.9 Å². The average molecular weight is 437 g/mol. The van der Waals surface area contributed by atoms with Gasteiger partial charge in [-0.05, 0) is 56.5 Å². The first kappa shape index (κ1) is 22.3. The van der Waals surface area contributed by atoms with Crippen molar-refractivity contribution in [2.24, 2.45) is 0 Å². The summed E-state index contributed by atoms with van der Waals surface area (Å²) in [5.41, 5.74) is 3.18. The van der Waals surface area contributed by atoms with E-state index in [9.17, 15) is 13.2 Å². The van der Waals surface area contributed by atoms with Crippen molar-refractivity contribution >= 4 is 21.5 Å². The van der Waals surface area contributed by atoms with Crippen molar-refractivity contribution in [1.29, 1.82) is 0 Å². The minimum absolute atomic E-state index is 0.0119. The molecule has 0 N–H and O–H groups in total. The Morgan fingerprint density at radius 3 is 2.32 bits per heavy atom. The highest BCUT2D eigenvalue weighted by atomic mass is 32.2. The van der Waals surface area contributed by atoms with E-state index in [-0.39, 0.29) is 35.3 Å². The lowest BCUT2D eigenvalue weighted by atomic mass is 10.0. The van der Waals surface area contributed by atoms with Gasteiger partial charge in [-0.25, -0.2) is 13.3 Å². The number of carbonyl (C=O) groups is 1. The van der Waals surface area contributed by atoms with Gasteiger partial charge in [-0.1, -0.05) is 36.4 Å². The molecule has 0 radical (unpaired) electrons. The largest absolute Gasteiger partial charge is 0.465 e. The van der Waals surface area contributed by atoms with Crippen LogP contribution in [0, 0.1) is 20.4 Å². The molecule has 0 saturated heterocycles. The maximum atomic E-state index is 13.2. The molecule has 1 aromatic heterocycles. The minimum Gasteiger partial charge on any atom is -0.465 e. The van der Waals surface area contributed by atoms with Gasteiger partial charge in [0.2, 0.25) is 15.5 Å². The maximum Gasteiger partial charge on any atom is 0.325 e. The van der Waals surface area contributed by atoms with Crippen LogP contribution >= 0.6 is 0 Å². The number of ether oxygens (including phenoxy) is 1. The zero-order chi connectivity index (χ0) is 22.6. The van der Waals surface area contributed by atoms with Gasteiger partial charge in [0.15, 0.2) is 0 Å². The number of hydrogen-bond donors (Lipinski definition) is 0. The maximum absolute atomic E-state index is 13.2. The molecule has 3 rings (SSSR count). The second-order valence-electron chi connectivity index (χ2n) is 7.10. The quantitative estimate of drug-likeness (QED) is 0.400. The molecule has 0 aliphatic rings. The lowest BCUT2D eigenvalue weighted by Gasteiger charge is -2.12. The number of hydrogen-bond acceptors (Lipinski definition) is 4. The molecule has 0 fully saturated rings. The molecule has 0 saturated carbocycles. The second-order valence-corrected chi connectivity index (χ2v) is 9.02. The molecule has 0 bridgehead atoms. The summed E-state index contributed by atoms with van der Waals surface area (Å²) in [7, 11) is -3.71. The Balaban J connectivity index is 2.07. The molecule has 0 unspecified atom stereocenters. The van der Waals surface area contributed by atoms with Crippen LogP contribution in [0.4, 0.5) is 5.69 Å². The SMILES string of the molecule is [C-]#[N+]c1c(Cc2ccccc2S(=O)(=O)c2ccccc2)c(C)n(CC(=O)OCC)c1C. The van der Waals surface area contributed by atoms with Crippen LogP contribution in [0.5, 0.6) is 0 Å². The summed E-state index contributed by atoms with van der Waals surface area (Å²) < 4.78 is 33.3. The van der Waals surface area contributed by atoms with E-state index in [1.807, 2.05) is 6.92 Å². The van der Waals surface area contributed by atoms with Gasteiger partial charge in [0.25, 0.3) is 0 Å². The fourth-order valence-electron chi connectivity index (χ4n) is 3.69. The highest BCUT2D eigenvalue weighted by Gasteiger charge is 2.24. The van der Waals surface area contributed by atoms with Crippen molar-refractivity contribution in [3.05, 3.63) is 88.5 Å². The van der Waals surface area contributed by atoms with E-state index >= 15 is 0 Å². The van der Waals surface area contributed by atoms with Crippen molar-refractivity contribution in [2.75, 3.05) is 6.61 Å². The van der Waals surface area contributed by atoms with Crippen LogP contribution < -0.4 is 0 Å². The van der Waals surface area contributed by atoms with Crippen molar-refractivity contribution in [3.63, 3.8) is 0 Å². The van der Waals surface area contributed by atoms with Crippen molar-refractivity contribution in [3.8, 4) is 0 Å². The highest BCUT2D eigenvalue weighted by molar-refractivity contribution is 7.91. The number of rotatable bonds is 7. The Bertz CT molecular complexity index is 1250.